The average Bonchev–Trinajstić information content (AvgIpc) is 2.95. The second-order valence-corrected chi connectivity index (χ2v) is 4.70. The average molecular weight is 295 g/mol. The number of H-pyrrole nitrogens is 2. The van der Waals surface area contributed by atoms with Crippen LogP contribution in [0.4, 0.5) is 5.82 Å². The van der Waals surface area contributed by atoms with Crippen LogP contribution < -0.4 is 5.32 Å². The van der Waals surface area contributed by atoms with Gasteiger partial charge in [-0.3, -0.25) is 9.89 Å². The molecule has 0 spiro atoms. The maximum absolute atomic E-state index is 12.0. The summed E-state index contributed by atoms with van der Waals surface area (Å²) < 4.78 is 0. The topological polar surface area (TPSA) is 73.6 Å². The van der Waals surface area contributed by atoms with Gasteiger partial charge in [0.05, 0.1) is 10.5 Å². The Morgan fingerprint density at radius 2 is 2.05 bits per heavy atom. The third kappa shape index (κ3) is 2.18. The van der Waals surface area contributed by atoms with E-state index in [1.807, 2.05) is 24.3 Å². The number of fused-ring (bicyclic) bond motifs is 1. The smallest absolute Gasteiger partial charge is 0.273 e. The second-order valence-electron chi connectivity index (χ2n) is 3.92. The van der Waals surface area contributed by atoms with Gasteiger partial charge in [-0.05, 0) is 18.2 Å². The number of nitrogens with one attached hydrogen (secondary N) is 3. The fourth-order valence-electron chi connectivity index (χ4n) is 1.76. The SMILES string of the molecule is O=C(Nc1n[nH]c2ccccc12)c1cc(Cl)c(Cl)[nH]1. The van der Waals surface area contributed by atoms with Crippen molar-refractivity contribution in [2.75, 3.05) is 5.32 Å². The zero-order valence-electron chi connectivity index (χ0n) is 9.50. The van der Waals surface area contributed by atoms with Crippen molar-refractivity contribution in [1.82, 2.24) is 15.2 Å². The summed E-state index contributed by atoms with van der Waals surface area (Å²) in [4.78, 5) is 14.7. The van der Waals surface area contributed by atoms with Crippen LogP contribution in [0.25, 0.3) is 10.9 Å². The van der Waals surface area contributed by atoms with E-state index in [2.05, 4.69) is 20.5 Å². The molecule has 3 rings (SSSR count). The first-order valence-corrected chi connectivity index (χ1v) is 6.19. The molecule has 3 N–H and O–H groups in total. The molecule has 0 aliphatic heterocycles. The third-order valence-electron chi connectivity index (χ3n) is 2.67. The van der Waals surface area contributed by atoms with Crippen LogP contribution in [0.1, 0.15) is 10.5 Å². The molecule has 0 aliphatic rings. The highest BCUT2D eigenvalue weighted by Crippen LogP contribution is 2.24. The molecule has 0 saturated heterocycles. The van der Waals surface area contributed by atoms with Gasteiger partial charge in [0.25, 0.3) is 5.91 Å². The van der Waals surface area contributed by atoms with E-state index in [1.165, 1.54) is 6.07 Å². The minimum absolute atomic E-state index is 0.235. The molecule has 0 saturated carbocycles. The molecule has 0 atom stereocenters. The second kappa shape index (κ2) is 4.60. The van der Waals surface area contributed by atoms with Crippen LogP contribution in [0.15, 0.2) is 30.3 Å². The number of carbonyl (C=O) groups excluding carboxylic acids is 1. The Balaban J connectivity index is 1.90. The van der Waals surface area contributed by atoms with Crippen molar-refractivity contribution < 1.29 is 4.79 Å². The first-order chi connectivity index (χ1) is 9.15. The van der Waals surface area contributed by atoms with Crippen LogP contribution in [0.3, 0.4) is 0 Å². The largest absolute Gasteiger partial charge is 0.340 e. The molecule has 0 radical (unpaired) electrons. The van der Waals surface area contributed by atoms with E-state index in [-0.39, 0.29) is 16.8 Å². The normalized spacial score (nSPS) is 10.8. The molecule has 0 bridgehead atoms. The van der Waals surface area contributed by atoms with Crippen LogP contribution in [-0.4, -0.2) is 21.1 Å². The first-order valence-electron chi connectivity index (χ1n) is 5.43. The fraction of sp³-hybridized carbons (Fsp3) is 0. The number of rotatable bonds is 2. The molecule has 1 amide bonds. The molecular formula is C12H8Cl2N4O. The Hall–Kier alpha value is -1.98. The Morgan fingerprint density at radius 3 is 2.79 bits per heavy atom. The summed E-state index contributed by atoms with van der Waals surface area (Å²) in [5.41, 5.74) is 1.13. The summed E-state index contributed by atoms with van der Waals surface area (Å²) >= 11 is 11.5. The Bertz CT molecular complexity index is 743. The van der Waals surface area contributed by atoms with Crippen molar-refractivity contribution in [1.29, 1.82) is 0 Å². The molecule has 0 unspecified atom stereocenters. The molecule has 5 nitrogen and oxygen atoms in total. The van der Waals surface area contributed by atoms with Crippen LogP contribution in [0.2, 0.25) is 10.2 Å². The monoisotopic (exact) mass is 294 g/mol. The predicted octanol–water partition coefficient (Wildman–Crippen LogP) is 3.45. The van der Waals surface area contributed by atoms with E-state index < -0.39 is 0 Å². The lowest BCUT2D eigenvalue weighted by molar-refractivity contribution is 0.102. The molecule has 19 heavy (non-hydrogen) atoms. The zero-order chi connectivity index (χ0) is 13.4. The van der Waals surface area contributed by atoms with Gasteiger partial charge >= 0.3 is 0 Å². The van der Waals surface area contributed by atoms with Crippen molar-refractivity contribution in [3.63, 3.8) is 0 Å². The number of carbonyl (C=O) groups is 1. The standard InChI is InChI=1S/C12H8Cl2N4O/c13-7-5-9(15-10(7)14)12(19)16-11-6-3-1-2-4-8(6)17-18-11/h1-5,15H,(H2,16,17,18,19). The molecule has 2 heterocycles. The molecule has 0 fully saturated rings. The summed E-state index contributed by atoms with van der Waals surface area (Å²) in [5.74, 6) is 0.105. The van der Waals surface area contributed by atoms with E-state index in [0.717, 1.165) is 10.9 Å². The highest BCUT2D eigenvalue weighted by molar-refractivity contribution is 6.41. The van der Waals surface area contributed by atoms with Crippen LogP contribution >= 0.6 is 23.2 Å². The third-order valence-corrected chi connectivity index (χ3v) is 3.36. The van der Waals surface area contributed by atoms with Gasteiger partial charge in [-0.25, -0.2) is 0 Å². The van der Waals surface area contributed by atoms with Gasteiger partial charge in [0.1, 0.15) is 10.8 Å². The Morgan fingerprint density at radius 1 is 1.26 bits per heavy atom. The van der Waals surface area contributed by atoms with Crippen LogP contribution in [0.5, 0.6) is 0 Å². The van der Waals surface area contributed by atoms with E-state index in [9.17, 15) is 4.79 Å². The van der Waals surface area contributed by atoms with Crippen LogP contribution in [0, 0.1) is 0 Å². The number of anilines is 1. The van der Waals surface area contributed by atoms with Crippen molar-refractivity contribution in [3.8, 4) is 0 Å². The molecule has 96 valence electrons. The number of nitrogens with zero attached hydrogens (tertiary/aromatic N) is 1. The van der Waals surface area contributed by atoms with Crippen LogP contribution in [-0.2, 0) is 0 Å². The molecule has 7 heteroatoms. The number of hydrogen-bond acceptors (Lipinski definition) is 2. The lowest BCUT2D eigenvalue weighted by Gasteiger charge is -1.99. The van der Waals surface area contributed by atoms with E-state index in [0.29, 0.717) is 10.8 Å². The highest BCUT2D eigenvalue weighted by Gasteiger charge is 2.14. The van der Waals surface area contributed by atoms with E-state index in [1.54, 1.807) is 0 Å². The Labute approximate surface area is 117 Å². The number of halogens is 2. The minimum Gasteiger partial charge on any atom is -0.340 e. The number of hydrogen-bond donors (Lipinski definition) is 3. The molecule has 3 aromatic rings. The zero-order valence-corrected chi connectivity index (χ0v) is 11.0. The van der Waals surface area contributed by atoms with Crippen molar-refractivity contribution >= 4 is 45.8 Å². The summed E-state index contributed by atoms with van der Waals surface area (Å²) in [6.45, 7) is 0. The highest BCUT2D eigenvalue weighted by atomic mass is 35.5. The summed E-state index contributed by atoms with van der Waals surface area (Å²) in [6, 6.07) is 8.96. The van der Waals surface area contributed by atoms with Gasteiger partial charge in [0, 0.05) is 5.39 Å². The lowest BCUT2D eigenvalue weighted by Crippen LogP contribution is -2.12. The van der Waals surface area contributed by atoms with Gasteiger partial charge < -0.3 is 10.3 Å². The van der Waals surface area contributed by atoms with Gasteiger partial charge in [-0.15, -0.1) is 0 Å². The molecule has 1 aromatic carbocycles. The van der Waals surface area contributed by atoms with Gasteiger partial charge in [-0.2, -0.15) is 5.10 Å². The predicted molar refractivity (Wildman–Crippen MR) is 74.9 cm³/mol. The molecule has 2 aromatic heterocycles. The molecule has 0 aliphatic carbocycles. The quantitative estimate of drug-likeness (QED) is 0.677. The minimum atomic E-state index is -0.356. The summed E-state index contributed by atoms with van der Waals surface area (Å²) in [7, 11) is 0. The van der Waals surface area contributed by atoms with E-state index in [4.69, 9.17) is 23.2 Å². The fourth-order valence-corrected chi connectivity index (χ4v) is 2.07. The molecular weight excluding hydrogens is 287 g/mol. The number of benzene rings is 1. The number of amides is 1. The van der Waals surface area contributed by atoms with E-state index >= 15 is 0 Å². The maximum Gasteiger partial charge on any atom is 0.273 e. The maximum atomic E-state index is 12.0. The van der Waals surface area contributed by atoms with Gasteiger partial charge in [-0.1, -0.05) is 35.3 Å². The lowest BCUT2D eigenvalue weighted by atomic mass is 10.2. The van der Waals surface area contributed by atoms with Crippen molar-refractivity contribution in [2.45, 2.75) is 0 Å². The number of para-hydroxylation sites is 1. The first kappa shape index (κ1) is 12.1. The van der Waals surface area contributed by atoms with Crippen molar-refractivity contribution in [2.24, 2.45) is 0 Å². The van der Waals surface area contributed by atoms with Gasteiger partial charge in [0.2, 0.25) is 0 Å². The number of aromatic nitrogens is 3. The van der Waals surface area contributed by atoms with Crippen molar-refractivity contribution in [3.05, 3.63) is 46.2 Å². The summed E-state index contributed by atoms with van der Waals surface area (Å²) in [6.07, 6.45) is 0. The van der Waals surface area contributed by atoms with Gasteiger partial charge in [0.15, 0.2) is 5.82 Å². The summed E-state index contributed by atoms with van der Waals surface area (Å²) in [5, 5.41) is 11.0. The Kier molecular flexibility index (Phi) is 2.93. The number of aromatic amines is 2.